The number of anilines is 1. The lowest BCUT2D eigenvalue weighted by Gasteiger charge is -2.33. The fourth-order valence-electron chi connectivity index (χ4n) is 3.49. The maximum Gasteiger partial charge on any atom is 0.244 e. The molecule has 0 radical (unpaired) electrons. The van der Waals surface area contributed by atoms with Gasteiger partial charge in [-0.1, -0.05) is 30.3 Å². The highest BCUT2D eigenvalue weighted by atomic mass is 32.2. The molecule has 1 atom stereocenters. The molecule has 0 bridgehead atoms. The number of hydrogen-bond donors (Lipinski definition) is 1. The Hall–Kier alpha value is -3.27. The molecule has 0 saturated carbocycles. The van der Waals surface area contributed by atoms with E-state index in [2.05, 4.69) is 5.32 Å². The first-order valence-electron chi connectivity index (χ1n) is 10.9. The quantitative estimate of drug-likeness (QED) is 0.611. The number of carbonyl (C=O) groups excluding carboxylic acids is 2. The molecule has 0 aliphatic carbocycles. The second kappa shape index (κ2) is 9.92. The summed E-state index contributed by atoms with van der Waals surface area (Å²) in [5, 5.41) is 2.89. The third-order valence-corrected chi connectivity index (χ3v) is 6.33. The molecule has 2 amide bonds. The minimum absolute atomic E-state index is 0.0435. The molecular formula is C24H31N3O6S. The number of amides is 2. The lowest BCUT2D eigenvalue weighted by Crippen LogP contribution is -2.54. The molecule has 0 spiro atoms. The third-order valence-electron chi connectivity index (χ3n) is 5.18. The van der Waals surface area contributed by atoms with Crippen LogP contribution in [0.2, 0.25) is 0 Å². The van der Waals surface area contributed by atoms with Crippen molar-refractivity contribution in [2.45, 2.75) is 45.8 Å². The van der Waals surface area contributed by atoms with Crippen LogP contribution in [0.3, 0.4) is 0 Å². The summed E-state index contributed by atoms with van der Waals surface area (Å²) in [6.45, 7) is 6.91. The fraction of sp³-hybridized carbons (Fsp3) is 0.417. The van der Waals surface area contributed by atoms with Crippen LogP contribution < -0.4 is 19.1 Å². The summed E-state index contributed by atoms with van der Waals surface area (Å²) in [5.41, 5.74) is 0.602. The molecule has 2 aromatic carbocycles. The highest BCUT2D eigenvalue weighted by Gasteiger charge is 2.31. The molecule has 1 unspecified atom stereocenters. The van der Waals surface area contributed by atoms with E-state index in [0.717, 1.165) is 16.1 Å². The second-order valence-electron chi connectivity index (χ2n) is 9.23. The normalized spacial score (nSPS) is 13.8. The second-order valence-corrected chi connectivity index (χ2v) is 11.1. The first-order valence-corrected chi connectivity index (χ1v) is 12.7. The van der Waals surface area contributed by atoms with Crippen LogP contribution in [0.25, 0.3) is 0 Å². The van der Waals surface area contributed by atoms with Crippen LogP contribution in [0, 0.1) is 0 Å². The molecule has 2 aromatic rings. The van der Waals surface area contributed by atoms with Crippen LogP contribution in [-0.2, 0) is 26.2 Å². The van der Waals surface area contributed by atoms with Crippen molar-refractivity contribution in [3.05, 3.63) is 54.1 Å². The number of hydrogen-bond acceptors (Lipinski definition) is 6. The standard InChI is InChI=1S/C24H31N3O6S/c1-17(23(29)25-24(2,3)4)26(14-18-9-7-6-8-10-18)22(28)15-27(34(5,30)31)19-11-12-20-21(13-19)33-16-32-20/h6-13,17H,14-16H2,1-5H3,(H,25,29). The Morgan fingerprint density at radius 1 is 1.06 bits per heavy atom. The number of nitrogens with one attached hydrogen (secondary N) is 1. The average molecular weight is 490 g/mol. The van der Waals surface area contributed by atoms with E-state index in [1.807, 2.05) is 51.1 Å². The summed E-state index contributed by atoms with van der Waals surface area (Å²) >= 11 is 0. The minimum Gasteiger partial charge on any atom is -0.454 e. The van der Waals surface area contributed by atoms with E-state index in [9.17, 15) is 18.0 Å². The van der Waals surface area contributed by atoms with E-state index in [4.69, 9.17) is 9.47 Å². The monoisotopic (exact) mass is 489 g/mol. The van der Waals surface area contributed by atoms with Crippen molar-refractivity contribution in [1.29, 1.82) is 0 Å². The maximum absolute atomic E-state index is 13.5. The van der Waals surface area contributed by atoms with Crippen LogP contribution >= 0.6 is 0 Å². The first-order chi connectivity index (χ1) is 15.8. The van der Waals surface area contributed by atoms with Gasteiger partial charge in [0, 0.05) is 18.2 Å². The molecule has 0 aromatic heterocycles. The van der Waals surface area contributed by atoms with Crippen molar-refractivity contribution in [2.24, 2.45) is 0 Å². The third kappa shape index (κ3) is 6.40. The summed E-state index contributed by atoms with van der Waals surface area (Å²) < 4.78 is 36.9. The summed E-state index contributed by atoms with van der Waals surface area (Å²) in [6, 6.07) is 13.1. The number of benzene rings is 2. The predicted octanol–water partition coefficient (Wildman–Crippen LogP) is 2.51. The number of sulfonamides is 1. The van der Waals surface area contributed by atoms with E-state index in [1.54, 1.807) is 19.1 Å². The van der Waals surface area contributed by atoms with Gasteiger partial charge in [0.2, 0.25) is 28.6 Å². The molecule has 10 heteroatoms. The van der Waals surface area contributed by atoms with Crippen LogP contribution in [0.5, 0.6) is 11.5 Å². The number of rotatable bonds is 8. The van der Waals surface area contributed by atoms with E-state index in [-0.39, 0.29) is 24.9 Å². The van der Waals surface area contributed by atoms with E-state index >= 15 is 0 Å². The molecule has 0 fully saturated rings. The Kier molecular flexibility index (Phi) is 7.40. The van der Waals surface area contributed by atoms with Gasteiger partial charge in [-0.25, -0.2) is 8.42 Å². The zero-order chi connectivity index (χ0) is 25.1. The highest BCUT2D eigenvalue weighted by Crippen LogP contribution is 2.36. The molecule has 1 aliphatic rings. The Bertz CT molecular complexity index is 1150. The molecule has 0 saturated heterocycles. The van der Waals surface area contributed by atoms with Gasteiger partial charge in [-0.05, 0) is 45.4 Å². The Balaban J connectivity index is 1.90. The molecule has 9 nitrogen and oxygen atoms in total. The van der Waals surface area contributed by atoms with E-state index < -0.39 is 34.1 Å². The number of fused-ring (bicyclic) bond motifs is 1. The van der Waals surface area contributed by atoms with Gasteiger partial charge in [-0.15, -0.1) is 0 Å². The maximum atomic E-state index is 13.5. The minimum atomic E-state index is -3.82. The number of ether oxygens (including phenoxy) is 2. The molecule has 3 rings (SSSR count). The average Bonchev–Trinajstić information content (AvgIpc) is 3.21. The Labute approximate surface area is 200 Å². The highest BCUT2D eigenvalue weighted by molar-refractivity contribution is 7.92. The molecule has 34 heavy (non-hydrogen) atoms. The number of carbonyl (C=O) groups is 2. The lowest BCUT2D eigenvalue weighted by atomic mass is 10.1. The Morgan fingerprint density at radius 3 is 2.32 bits per heavy atom. The lowest BCUT2D eigenvalue weighted by molar-refractivity contribution is -0.140. The molecule has 1 heterocycles. The summed E-state index contributed by atoms with van der Waals surface area (Å²) in [4.78, 5) is 27.8. The van der Waals surface area contributed by atoms with Crippen LogP contribution in [0.15, 0.2) is 48.5 Å². The Morgan fingerprint density at radius 2 is 1.71 bits per heavy atom. The molecular weight excluding hydrogens is 458 g/mol. The van der Waals surface area contributed by atoms with Crippen molar-refractivity contribution in [2.75, 3.05) is 23.9 Å². The zero-order valence-electron chi connectivity index (χ0n) is 20.1. The van der Waals surface area contributed by atoms with Crippen molar-refractivity contribution in [1.82, 2.24) is 10.2 Å². The smallest absolute Gasteiger partial charge is 0.244 e. The summed E-state index contributed by atoms with van der Waals surface area (Å²) in [6.07, 6.45) is 1.03. The van der Waals surface area contributed by atoms with Gasteiger partial charge < -0.3 is 19.7 Å². The van der Waals surface area contributed by atoms with Gasteiger partial charge in [-0.2, -0.15) is 0 Å². The SMILES string of the molecule is CC(C(=O)NC(C)(C)C)N(Cc1ccccc1)C(=O)CN(c1ccc2c(c1)OCO2)S(C)(=O)=O. The summed E-state index contributed by atoms with van der Waals surface area (Å²) in [7, 11) is -3.82. The van der Waals surface area contributed by atoms with E-state index in [0.29, 0.717) is 11.5 Å². The van der Waals surface area contributed by atoms with Gasteiger partial charge in [-0.3, -0.25) is 13.9 Å². The predicted molar refractivity (Wildman–Crippen MR) is 129 cm³/mol. The van der Waals surface area contributed by atoms with Gasteiger partial charge in [0.15, 0.2) is 11.5 Å². The largest absolute Gasteiger partial charge is 0.454 e. The first kappa shape index (κ1) is 25.4. The molecule has 1 N–H and O–H groups in total. The summed E-state index contributed by atoms with van der Waals surface area (Å²) in [5.74, 6) is 0.0636. The van der Waals surface area contributed by atoms with Crippen LogP contribution in [0.4, 0.5) is 5.69 Å². The molecule has 1 aliphatic heterocycles. The number of nitrogens with zero attached hydrogens (tertiary/aromatic N) is 2. The van der Waals surface area contributed by atoms with Crippen molar-refractivity contribution < 1.29 is 27.5 Å². The molecule has 184 valence electrons. The van der Waals surface area contributed by atoms with Gasteiger partial charge in [0.1, 0.15) is 12.6 Å². The fourth-order valence-corrected chi connectivity index (χ4v) is 4.33. The van der Waals surface area contributed by atoms with Crippen molar-refractivity contribution >= 4 is 27.5 Å². The van der Waals surface area contributed by atoms with Gasteiger partial charge in [0.25, 0.3) is 0 Å². The van der Waals surface area contributed by atoms with Crippen LogP contribution in [-0.4, -0.2) is 56.3 Å². The van der Waals surface area contributed by atoms with Gasteiger partial charge >= 0.3 is 0 Å². The zero-order valence-corrected chi connectivity index (χ0v) is 20.9. The van der Waals surface area contributed by atoms with Crippen molar-refractivity contribution in [3.63, 3.8) is 0 Å². The van der Waals surface area contributed by atoms with Crippen molar-refractivity contribution in [3.8, 4) is 11.5 Å². The topological polar surface area (TPSA) is 105 Å². The van der Waals surface area contributed by atoms with Gasteiger partial charge in [0.05, 0.1) is 11.9 Å². The van der Waals surface area contributed by atoms with Crippen LogP contribution in [0.1, 0.15) is 33.3 Å². The van der Waals surface area contributed by atoms with E-state index in [1.165, 1.54) is 11.0 Å².